The second-order valence-corrected chi connectivity index (χ2v) is 7.03. The third kappa shape index (κ3) is 3.90. The van der Waals surface area contributed by atoms with Crippen LogP contribution in [0.2, 0.25) is 0 Å². The Morgan fingerprint density at radius 3 is 2.31 bits per heavy atom. The number of nitrogens with one attached hydrogen (secondary N) is 1. The number of aryl methyl sites for hydroxylation is 1. The molecule has 0 bridgehead atoms. The number of nitrogens with zero attached hydrogens (tertiary/aromatic N) is 3. The monoisotopic (exact) mass is 414 g/mol. The standard InChI is InChI=1S/C20H22N4O4S/c1-11-15-18(22-7-8-25-3)23-17(24-20(15)29-19(11)21-2)12-9-13(26-4)16(28-6)14(10-12)27-5/h9-10H,7-8H2,1,3-6H3,(H,22,23,24). The van der Waals surface area contributed by atoms with Gasteiger partial charge in [0.15, 0.2) is 17.3 Å². The summed E-state index contributed by atoms with van der Waals surface area (Å²) in [5.74, 6) is 2.70. The summed E-state index contributed by atoms with van der Waals surface area (Å²) in [4.78, 5) is 13.8. The van der Waals surface area contributed by atoms with Crippen molar-refractivity contribution < 1.29 is 18.9 Å². The van der Waals surface area contributed by atoms with Crippen LogP contribution in [0.25, 0.3) is 26.4 Å². The van der Waals surface area contributed by atoms with E-state index >= 15 is 0 Å². The van der Waals surface area contributed by atoms with Crippen LogP contribution < -0.4 is 19.5 Å². The molecule has 9 heteroatoms. The molecule has 0 saturated heterocycles. The molecule has 0 radical (unpaired) electrons. The highest BCUT2D eigenvalue weighted by atomic mass is 32.1. The van der Waals surface area contributed by atoms with E-state index in [0.717, 1.165) is 15.8 Å². The van der Waals surface area contributed by atoms with Gasteiger partial charge in [-0.1, -0.05) is 0 Å². The number of rotatable bonds is 8. The fourth-order valence-corrected chi connectivity index (χ4v) is 3.94. The molecule has 3 aromatic rings. The number of benzene rings is 1. The van der Waals surface area contributed by atoms with Crippen molar-refractivity contribution >= 4 is 32.4 Å². The fourth-order valence-electron chi connectivity index (χ4n) is 2.97. The van der Waals surface area contributed by atoms with Crippen molar-refractivity contribution in [2.75, 3.05) is 46.9 Å². The van der Waals surface area contributed by atoms with Gasteiger partial charge in [-0.2, -0.15) is 0 Å². The van der Waals surface area contributed by atoms with Crippen LogP contribution in [0.4, 0.5) is 10.8 Å². The lowest BCUT2D eigenvalue weighted by Crippen LogP contribution is -2.10. The molecule has 1 N–H and O–H groups in total. The van der Waals surface area contributed by atoms with Crippen molar-refractivity contribution in [3.63, 3.8) is 0 Å². The summed E-state index contributed by atoms with van der Waals surface area (Å²) in [5, 5.41) is 4.76. The maximum atomic E-state index is 7.42. The molecule has 0 amide bonds. The van der Waals surface area contributed by atoms with Crippen LogP contribution in [0.1, 0.15) is 5.56 Å². The van der Waals surface area contributed by atoms with Crippen molar-refractivity contribution in [3.05, 3.63) is 29.1 Å². The Bertz CT molecular complexity index is 1050. The first kappa shape index (κ1) is 20.6. The number of fused-ring (bicyclic) bond motifs is 1. The van der Waals surface area contributed by atoms with E-state index in [1.807, 2.05) is 6.92 Å². The van der Waals surface area contributed by atoms with Gasteiger partial charge in [0, 0.05) is 24.6 Å². The van der Waals surface area contributed by atoms with Crippen molar-refractivity contribution in [3.8, 4) is 28.6 Å². The smallest absolute Gasteiger partial charge is 0.246 e. The maximum Gasteiger partial charge on any atom is 0.246 e. The molecule has 1 aromatic carbocycles. The van der Waals surface area contributed by atoms with E-state index in [2.05, 4.69) is 10.2 Å². The average molecular weight is 414 g/mol. The zero-order chi connectivity index (χ0) is 21.0. The van der Waals surface area contributed by atoms with E-state index in [0.29, 0.717) is 52.6 Å². The van der Waals surface area contributed by atoms with Crippen molar-refractivity contribution in [2.24, 2.45) is 0 Å². The number of ether oxygens (including phenoxy) is 4. The van der Waals surface area contributed by atoms with E-state index < -0.39 is 0 Å². The van der Waals surface area contributed by atoms with Gasteiger partial charge >= 0.3 is 0 Å². The molecule has 0 fully saturated rings. The maximum absolute atomic E-state index is 7.42. The van der Waals surface area contributed by atoms with E-state index in [1.54, 1.807) is 40.6 Å². The van der Waals surface area contributed by atoms with Gasteiger partial charge in [0.05, 0.1) is 34.5 Å². The van der Waals surface area contributed by atoms with Gasteiger partial charge in [0.2, 0.25) is 10.8 Å². The molecular formula is C20H22N4O4S. The van der Waals surface area contributed by atoms with Gasteiger partial charge in [0.1, 0.15) is 10.6 Å². The molecule has 0 aliphatic rings. The number of hydrogen-bond acceptors (Lipinski definition) is 8. The lowest BCUT2D eigenvalue weighted by molar-refractivity contribution is 0.210. The number of anilines is 1. The van der Waals surface area contributed by atoms with Crippen LogP contribution >= 0.6 is 11.3 Å². The summed E-state index contributed by atoms with van der Waals surface area (Å²) in [5.41, 5.74) is 1.59. The average Bonchev–Trinajstić information content (AvgIpc) is 3.08. The molecule has 152 valence electrons. The quantitative estimate of drug-likeness (QED) is 0.435. The summed E-state index contributed by atoms with van der Waals surface area (Å²) in [7, 11) is 6.33. The molecule has 0 unspecified atom stereocenters. The Labute approximate surface area is 173 Å². The number of methoxy groups -OCH3 is 4. The predicted molar refractivity (Wildman–Crippen MR) is 114 cm³/mol. The van der Waals surface area contributed by atoms with Crippen LogP contribution in [0, 0.1) is 13.5 Å². The first-order chi connectivity index (χ1) is 14.1. The zero-order valence-electron chi connectivity index (χ0n) is 17.0. The lowest BCUT2D eigenvalue weighted by Gasteiger charge is -2.14. The number of hydrogen-bond donors (Lipinski definition) is 1. The van der Waals surface area contributed by atoms with Crippen LogP contribution in [-0.4, -0.2) is 51.6 Å². The Hall–Kier alpha value is -3.09. The topological polar surface area (TPSA) is 79.1 Å². The highest BCUT2D eigenvalue weighted by molar-refractivity contribution is 7.22. The van der Waals surface area contributed by atoms with E-state index in [1.165, 1.54) is 11.3 Å². The third-order valence-electron chi connectivity index (χ3n) is 4.39. The summed E-state index contributed by atoms with van der Waals surface area (Å²) < 4.78 is 21.4. The van der Waals surface area contributed by atoms with E-state index in [9.17, 15) is 0 Å². The Kier molecular flexibility index (Phi) is 6.36. The highest BCUT2D eigenvalue weighted by Gasteiger charge is 2.20. The van der Waals surface area contributed by atoms with Gasteiger partial charge in [-0.3, -0.25) is 0 Å². The summed E-state index contributed by atoms with van der Waals surface area (Å²) >= 11 is 1.35. The zero-order valence-corrected chi connectivity index (χ0v) is 17.8. The molecule has 3 rings (SSSR count). The molecule has 2 heterocycles. The van der Waals surface area contributed by atoms with Crippen molar-refractivity contribution in [2.45, 2.75) is 6.92 Å². The molecule has 0 saturated carbocycles. The molecule has 0 atom stereocenters. The largest absolute Gasteiger partial charge is 0.493 e. The van der Waals surface area contributed by atoms with Crippen molar-refractivity contribution in [1.29, 1.82) is 0 Å². The van der Waals surface area contributed by atoms with Gasteiger partial charge < -0.3 is 24.3 Å². The Morgan fingerprint density at radius 1 is 1.07 bits per heavy atom. The molecule has 8 nitrogen and oxygen atoms in total. The molecule has 2 aromatic heterocycles. The van der Waals surface area contributed by atoms with Gasteiger partial charge in [-0.25, -0.2) is 14.8 Å². The number of thiophene rings is 1. The highest BCUT2D eigenvalue weighted by Crippen LogP contribution is 2.43. The van der Waals surface area contributed by atoms with Crippen LogP contribution in [0.3, 0.4) is 0 Å². The lowest BCUT2D eigenvalue weighted by atomic mass is 10.1. The summed E-state index contributed by atoms with van der Waals surface area (Å²) in [6.07, 6.45) is 0. The predicted octanol–water partition coefficient (Wildman–Crippen LogP) is 4.30. The minimum Gasteiger partial charge on any atom is -0.493 e. The summed E-state index contributed by atoms with van der Waals surface area (Å²) in [6.45, 7) is 10.5. The van der Waals surface area contributed by atoms with E-state index in [-0.39, 0.29) is 0 Å². The molecule has 29 heavy (non-hydrogen) atoms. The fraction of sp³-hybridized carbons (Fsp3) is 0.350. The van der Waals surface area contributed by atoms with Gasteiger partial charge in [0.25, 0.3) is 0 Å². The first-order valence-corrected chi connectivity index (χ1v) is 9.61. The molecular weight excluding hydrogens is 392 g/mol. The van der Waals surface area contributed by atoms with Crippen LogP contribution in [0.15, 0.2) is 12.1 Å². The normalized spacial score (nSPS) is 10.6. The number of aromatic nitrogens is 2. The van der Waals surface area contributed by atoms with Gasteiger partial charge in [-0.15, -0.1) is 11.3 Å². The first-order valence-electron chi connectivity index (χ1n) is 8.79. The molecule has 0 aliphatic carbocycles. The Morgan fingerprint density at radius 2 is 1.76 bits per heavy atom. The minimum atomic E-state index is 0.495. The summed E-state index contributed by atoms with van der Waals surface area (Å²) in [6, 6.07) is 3.61. The van der Waals surface area contributed by atoms with Gasteiger partial charge in [-0.05, 0) is 24.6 Å². The van der Waals surface area contributed by atoms with Crippen molar-refractivity contribution in [1.82, 2.24) is 9.97 Å². The molecule has 0 aliphatic heterocycles. The SMILES string of the molecule is [C-]#[N+]c1sc2nc(-c3cc(OC)c(OC)c(OC)c3)nc(NCCOC)c2c1C. The van der Waals surface area contributed by atoms with Crippen LogP contribution in [0.5, 0.6) is 17.2 Å². The molecule has 0 spiro atoms. The van der Waals surface area contributed by atoms with Crippen LogP contribution in [-0.2, 0) is 4.74 Å². The Balaban J connectivity index is 2.21. The second kappa shape index (κ2) is 8.94. The second-order valence-electron chi connectivity index (χ2n) is 6.05. The minimum absolute atomic E-state index is 0.495. The van der Waals surface area contributed by atoms with E-state index in [4.69, 9.17) is 35.5 Å². The third-order valence-corrected chi connectivity index (χ3v) is 5.47.